The maximum Gasteiger partial charge on any atom is 0.271 e. The Bertz CT molecular complexity index is 927. The summed E-state index contributed by atoms with van der Waals surface area (Å²) >= 11 is 0. The minimum absolute atomic E-state index is 0. The zero-order valence-corrected chi connectivity index (χ0v) is 14.9. The molecule has 0 heterocycles. The van der Waals surface area contributed by atoms with Gasteiger partial charge in [-0.05, 0) is 29.0 Å². The Kier molecular flexibility index (Phi) is 5.56. The normalized spacial score (nSPS) is 10.0. The summed E-state index contributed by atoms with van der Waals surface area (Å²) in [6.07, 6.45) is 0. The van der Waals surface area contributed by atoms with Gasteiger partial charge in [-0.25, -0.2) is 0 Å². The van der Waals surface area contributed by atoms with E-state index in [1.807, 2.05) is 24.3 Å². The van der Waals surface area contributed by atoms with Crippen LogP contribution in [0.1, 0.15) is 10.4 Å². The van der Waals surface area contributed by atoms with Crippen LogP contribution in [0.5, 0.6) is 5.75 Å². The Morgan fingerprint density at radius 2 is 1.67 bits per heavy atom. The first-order valence-electron chi connectivity index (χ1n) is 6.82. The van der Waals surface area contributed by atoms with Crippen molar-refractivity contribution in [3.63, 3.8) is 0 Å². The average molecular weight is 331 g/mol. The topological polar surface area (TPSA) is 92.5 Å². The summed E-state index contributed by atoms with van der Waals surface area (Å²) in [6, 6.07) is 16.0. The van der Waals surface area contributed by atoms with E-state index >= 15 is 0 Å². The fourth-order valence-electron chi connectivity index (χ4n) is 2.31. The van der Waals surface area contributed by atoms with Crippen LogP contribution in [0, 0.1) is 10.1 Å². The largest absolute Gasteiger partial charge is 0.507 e. The number of nitrogens with zero attached hydrogens (tertiary/aromatic N) is 1. The summed E-state index contributed by atoms with van der Waals surface area (Å²) in [4.78, 5) is 22.5. The fraction of sp³-hybridized carbons (Fsp3) is 0. The molecule has 7 heteroatoms. The predicted octanol–water partition coefficient (Wildman–Crippen LogP) is 3.33. The zero-order chi connectivity index (χ0) is 16.4. The molecular formula is C17H12N2NaO4. The molecule has 0 saturated heterocycles. The summed E-state index contributed by atoms with van der Waals surface area (Å²) < 4.78 is 0. The first-order chi connectivity index (χ1) is 11.0. The number of nitrogens with one attached hydrogen (secondary N) is 1. The Morgan fingerprint density at radius 1 is 1.00 bits per heavy atom. The number of carbonyl (C=O) groups is 1. The first-order valence-corrected chi connectivity index (χ1v) is 6.82. The van der Waals surface area contributed by atoms with Gasteiger partial charge in [0.05, 0.1) is 10.5 Å². The second-order valence-corrected chi connectivity index (χ2v) is 4.98. The Balaban J connectivity index is 0.00000208. The third kappa shape index (κ3) is 3.73. The molecule has 1 radical (unpaired) electrons. The zero-order valence-electron chi connectivity index (χ0n) is 12.9. The molecule has 0 aliphatic heterocycles. The first kappa shape index (κ1) is 17.9. The van der Waals surface area contributed by atoms with Crippen molar-refractivity contribution < 1.29 is 14.8 Å². The number of nitro groups is 1. The fourth-order valence-corrected chi connectivity index (χ4v) is 2.31. The number of phenolic OH excluding ortho intramolecular Hbond substituents is 1. The average Bonchev–Trinajstić information content (AvgIpc) is 2.54. The van der Waals surface area contributed by atoms with Gasteiger partial charge in [0.15, 0.2) is 0 Å². The molecule has 24 heavy (non-hydrogen) atoms. The number of rotatable bonds is 3. The number of anilines is 1. The summed E-state index contributed by atoms with van der Waals surface area (Å²) in [6.45, 7) is 0. The van der Waals surface area contributed by atoms with E-state index in [9.17, 15) is 20.0 Å². The van der Waals surface area contributed by atoms with Crippen LogP contribution in [0.2, 0.25) is 0 Å². The van der Waals surface area contributed by atoms with Crippen molar-refractivity contribution in [1.82, 2.24) is 0 Å². The van der Waals surface area contributed by atoms with Crippen LogP contribution in [-0.4, -0.2) is 45.5 Å². The molecule has 0 fully saturated rings. The molecule has 0 saturated carbocycles. The van der Waals surface area contributed by atoms with Gasteiger partial charge in [-0.15, -0.1) is 0 Å². The number of hydrogen-bond acceptors (Lipinski definition) is 4. The van der Waals surface area contributed by atoms with Gasteiger partial charge in [-0.2, -0.15) is 0 Å². The van der Waals surface area contributed by atoms with Crippen molar-refractivity contribution in [2.45, 2.75) is 0 Å². The maximum atomic E-state index is 12.3. The number of carbonyl (C=O) groups excluding carboxylic acids is 1. The van der Waals surface area contributed by atoms with Crippen LogP contribution in [0.3, 0.4) is 0 Å². The molecule has 3 rings (SSSR count). The molecule has 115 valence electrons. The Hall–Kier alpha value is -2.41. The van der Waals surface area contributed by atoms with Gasteiger partial charge >= 0.3 is 0 Å². The number of non-ortho nitro benzene ring substituents is 1. The summed E-state index contributed by atoms with van der Waals surface area (Å²) in [5.41, 5.74) is 0.275. The monoisotopic (exact) mass is 331 g/mol. The van der Waals surface area contributed by atoms with E-state index in [1.54, 1.807) is 12.1 Å². The molecule has 3 aromatic rings. The third-order valence-electron chi connectivity index (χ3n) is 3.42. The molecule has 0 aliphatic carbocycles. The Morgan fingerprint density at radius 3 is 2.33 bits per heavy atom. The van der Waals surface area contributed by atoms with Crippen molar-refractivity contribution >= 4 is 57.6 Å². The van der Waals surface area contributed by atoms with Crippen molar-refractivity contribution in [3.05, 3.63) is 76.3 Å². The molecule has 2 N–H and O–H groups in total. The van der Waals surface area contributed by atoms with Crippen molar-refractivity contribution in [2.24, 2.45) is 0 Å². The van der Waals surface area contributed by atoms with Gasteiger partial charge < -0.3 is 10.4 Å². The third-order valence-corrected chi connectivity index (χ3v) is 3.42. The van der Waals surface area contributed by atoms with Crippen molar-refractivity contribution in [2.75, 3.05) is 5.32 Å². The predicted molar refractivity (Wildman–Crippen MR) is 92.4 cm³/mol. The minimum Gasteiger partial charge on any atom is -0.507 e. The van der Waals surface area contributed by atoms with Crippen LogP contribution < -0.4 is 5.32 Å². The second-order valence-electron chi connectivity index (χ2n) is 4.98. The quantitative estimate of drug-likeness (QED) is 0.437. The van der Waals surface area contributed by atoms with E-state index in [2.05, 4.69) is 5.32 Å². The van der Waals surface area contributed by atoms with Crippen LogP contribution in [0.4, 0.5) is 11.4 Å². The van der Waals surface area contributed by atoms with Gasteiger partial charge in [0.2, 0.25) is 0 Å². The van der Waals surface area contributed by atoms with Crippen LogP contribution in [0.15, 0.2) is 60.7 Å². The molecule has 0 aromatic heterocycles. The SMILES string of the molecule is O=C(Nc1cccc([N+](=O)[O-])c1)c1cc2ccccc2cc1O.[Na]. The van der Waals surface area contributed by atoms with E-state index < -0.39 is 10.8 Å². The van der Waals surface area contributed by atoms with Gasteiger partial charge in [-0.1, -0.05) is 30.3 Å². The van der Waals surface area contributed by atoms with Crippen LogP contribution >= 0.6 is 0 Å². The van der Waals surface area contributed by atoms with Gasteiger partial charge in [-0.3, -0.25) is 14.9 Å². The second kappa shape index (κ2) is 7.44. The Labute approximate surface area is 159 Å². The molecule has 0 spiro atoms. The van der Waals surface area contributed by atoms with Gasteiger partial charge in [0.1, 0.15) is 5.75 Å². The number of hydrogen-bond donors (Lipinski definition) is 2. The molecule has 0 aliphatic rings. The van der Waals surface area contributed by atoms with E-state index in [-0.39, 0.29) is 52.2 Å². The van der Waals surface area contributed by atoms with Crippen molar-refractivity contribution in [1.29, 1.82) is 0 Å². The smallest absolute Gasteiger partial charge is 0.271 e. The minimum atomic E-state index is -0.539. The van der Waals surface area contributed by atoms with Crippen molar-refractivity contribution in [3.8, 4) is 5.75 Å². The number of amides is 1. The van der Waals surface area contributed by atoms with Crippen LogP contribution in [0.25, 0.3) is 10.8 Å². The van der Waals surface area contributed by atoms with Crippen LogP contribution in [-0.2, 0) is 0 Å². The number of phenols is 1. The summed E-state index contributed by atoms with van der Waals surface area (Å²) in [5.74, 6) is -0.680. The van der Waals surface area contributed by atoms with Gasteiger partial charge in [0, 0.05) is 47.4 Å². The number of fused-ring (bicyclic) bond motifs is 1. The standard InChI is InChI=1S/C17H12N2O4.Na/c20-16-9-12-5-2-1-4-11(12)8-15(16)17(21)18-13-6-3-7-14(10-13)19(22)23;/h1-10,20H,(H,18,21);. The number of nitro benzene ring substituents is 1. The van der Waals surface area contributed by atoms with E-state index in [0.29, 0.717) is 0 Å². The molecular weight excluding hydrogens is 319 g/mol. The van der Waals surface area contributed by atoms with E-state index in [4.69, 9.17) is 0 Å². The van der Waals surface area contributed by atoms with E-state index in [1.165, 1.54) is 24.3 Å². The molecule has 1 amide bonds. The maximum absolute atomic E-state index is 12.3. The van der Waals surface area contributed by atoms with Gasteiger partial charge in [0.25, 0.3) is 11.6 Å². The molecule has 0 bridgehead atoms. The summed E-state index contributed by atoms with van der Waals surface area (Å²) in [5, 5.41) is 25.0. The molecule has 6 nitrogen and oxygen atoms in total. The molecule has 0 unspecified atom stereocenters. The molecule has 3 aromatic carbocycles. The number of aromatic hydroxyl groups is 1. The summed E-state index contributed by atoms with van der Waals surface area (Å²) in [7, 11) is 0. The molecule has 0 atom stereocenters. The number of benzene rings is 3. The van der Waals surface area contributed by atoms with E-state index in [0.717, 1.165) is 10.8 Å².